The van der Waals surface area contributed by atoms with Crippen LogP contribution in [0.1, 0.15) is 0 Å². The zero-order chi connectivity index (χ0) is 6.50. The van der Waals surface area contributed by atoms with Crippen LogP contribution in [-0.2, 0) is 20.6 Å². The van der Waals surface area contributed by atoms with E-state index in [1.165, 1.54) is 0 Å². The first kappa shape index (κ1) is 10.6. The van der Waals surface area contributed by atoms with Gasteiger partial charge in [-0.25, -0.2) is 0 Å². The Morgan fingerprint density at radius 2 is 1.29 bits per heavy atom. The van der Waals surface area contributed by atoms with Gasteiger partial charge in [-0.05, 0) is 0 Å². The third-order valence-corrected chi connectivity index (χ3v) is 0. The van der Waals surface area contributed by atoms with Gasteiger partial charge >= 0.3 is 21.8 Å². The van der Waals surface area contributed by atoms with E-state index in [1.54, 1.807) is 0 Å². The van der Waals surface area contributed by atoms with Gasteiger partial charge in [0.25, 0.3) is 0 Å². The van der Waals surface area contributed by atoms with Gasteiger partial charge < -0.3 is 19.2 Å². The van der Waals surface area contributed by atoms with Gasteiger partial charge in [0.15, 0.2) is 0 Å². The fourth-order valence-corrected chi connectivity index (χ4v) is 0. The number of hydrogen-bond acceptors (Lipinski definition) is 4. The van der Waals surface area contributed by atoms with Crippen molar-refractivity contribution in [3.05, 3.63) is 0 Å². The summed E-state index contributed by atoms with van der Waals surface area (Å²) in [6, 6.07) is 0. The Bertz CT molecular complexity index is 57.8. The number of hydrogen-bond donors (Lipinski definition) is 0. The van der Waals surface area contributed by atoms with Gasteiger partial charge in [-0.1, -0.05) is 0 Å². The van der Waals surface area contributed by atoms with E-state index >= 15 is 0 Å². The van der Waals surface area contributed by atoms with Crippen LogP contribution in [-0.4, -0.2) is 0 Å². The molecule has 0 rings (SSSR count). The molecule has 0 atom stereocenters. The first-order valence-corrected chi connectivity index (χ1v) is 3.75. The molecule has 0 saturated carbocycles. The summed E-state index contributed by atoms with van der Waals surface area (Å²) >= 11 is 2.94. The molecule has 0 N–H and O–H groups in total. The van der Waals surface area contributed by atoms with Gasteiger partial charge in [-0.15, -0.1) is 0 Å². The molecule has 0 aliphatic rings. The van der Waals surface area contributed by atoms with Crippen molar-refractivity contribution in [3.63, 3.8) is 0 Å². The molecule has 4 nitrogen and oxygen atoms in total. The predicted octanol–water partition coefficient (Wildman–Crippen LogP) is -2.24. The molecule has 0 spiro atoms. The van der Waals surface area contributed by atoms with Crippen LogP contribution in [0, 0.1) is 0 Å². The molecule has 0 aromatic rings. The van der Waals surface area contributed by atoms with Crippen molar-refractivity contribution in [1.82, 2.24) is 0 Å². The van der Waals surface area contributed by atoms with Gasteiger partial charge in [-0.2, -0.15) is 7.82 Å². The summed E-state index contributed by atoms with van der Waals surface area (Å²) in [5, 5.41) is 0. The summed E-state index contributed by atoms with van der Waals surface area (Å²) in [5.74, 6) is 1.81. The quantitative estimate of drug-likeness (QED) is 0.300. The van der Waals surface area contributed by atoms with Crippen LogP contribution in [0.2, 0.25) is 5.82 Å². The summed E-state index contributed by atoms with van der Waals surface area (Å²) < 4.78 is 8.55. The van der Waals surface area contributed by atoms with Gasteiger partial charge in [-0.3, -0.25) is 0 Å². The Kier molecular flexibility index (Phi) is 7.23. The Balaban J connectivity index is 0. The molecule has 0 bridgehead atoms. The van der Waals surface area contributed by atoms with Crippen LogP contribution >= 0.6 is 7.82 Å². The maximum atomic E-state index is 8.55. The van der Waals surface area contributed by atoms with E-state index in [9.17, 15) is 0 Å². The van der Waals surface area contributed by atoms with E-state index in [1.807, 2.05) is 5.82 Å². The van der Waals surface area contributed by atoms with Crippen molar-refractivity contribution < 1.29 is 35.3 Å². The molecule has 43 valence electrons. The predicted molar refractivity (Wildman–Crippen MR) is 13.5 cm³/mol. The van der Waals surface area contributed by atoms with Gasteiger partial charge in [0.2, 0.25) is 0 Å². The van der Waals surface area contributed by atoms with E-state index in [-0.39, 0.29) is 0 Å². The van der Waals surface area contributed by atoms with Gasteiger partial charge in [0, 0.05) is 0 Å². The van der Waals surface area contributed by atoms with E-state index in [4.69, 9.17) is 19.2 Å². The summed E-state index contributed by atoms with van der Waals surface area (Å²) in [4.78, 5) is 25.6. The molecule has 0 amide bonds. The fourth-order valence-electron chi connectivity index (χ4n) is 0. The third-order valence-electron chi connectivity index (χ3n) is 0. The molecule has 0 saturated heterocycles. The minimum atomic E-state index is -5.39. The molecule has 0 aliphatic heterocycles. The van der Waals surface area contributed by atoms with Crippen molar-refractivity contribution in [2.45, 2.75) is 5.82 Å². The first-order valence-electron chi connectivity index (χ1n) is 1.11. The molecule has 0 aliphatic carbocycles. The normalized spacial score (nSPS) is 9.00. The molecular formula is CH3MnO4P. The standard InChI is InChI=1S/CH3.Mn.H3O4P/c;;1-5(2,3)4/h1H3;;(H3,1,2,3,4)/q;+3;/p-3. The minimum absolute atomic E-state index is 1.81. The summed E-state index contributed by atoms with van der Waals surface area (Å²) in [6.07, 6.45) is 0. The van der Waals surface area contributed by atoms with Crippen LogP contribution in [0.25, 0.3) is 0 Å². The van der Waals surface area contributed by atoms with E-state index in [2.05, 4.69) is 16.0 Å². The topological polar surface area (TPSA) is 86.2 Å². The van der Waals surface area contributed by atoms with Crippen LogP contribution in [0.4, 0.5) is 0 Å². The molecule has 0 heterocycles. The molecule has 0 radical (unpaired) electrons. The monoisotopic (exact) mass is 165 g/mol. The molecule has 0 aromatic carbocycles. The molecule has 0 fully saturated rings. The average molecular weight is 165 g/mol. The summed E-state index contributed by atoms with van der Waals surface area (Å²) in [5.41, 5.74) is 0. The Labute approximate surface area is 49.6 Å². The van der Waals surface area contributed by atoms with Gasteiger partial charge in [0.1, 0.15) is 0 Å². The maximum absolute atomic E-state index is 8.55. The van der Waals surface area contributed by atoms with Crippen molar-refractivity contribution in [2.24, 2.45) is 0 Å². The van der Waals surface area contributed by atoms with Crippen molar-refractivity contribution >= 4 is 7.82 Å². The molecule has 6 heteroatoms. The van der Waals surface area contributed by atoms with Crippen molar-refractivity contribution in [2.75, 3.05) is 0 Å². The second-order valence-corrected chi connectivity index (χ2v) is 1.34. The van der Waals surface area contributed by atoms with Gasteiger partial charge in [0.05, 0.1) is 0 Å². The summed E-state index contributed by atoms with van der Waals surface area (Å²) in [7, 11) is -5.39. The second kappa shape index (κ2) is 4.78. The second-order valence-electron chi connectivity index (χ2n) is 0.447. The number of rotatable bonds is 0. The Hall–Kier alpha value is 0.629. The van der Waals surface area contributed by atoms with E-state index in [0.717, 1.165) is 0 Å². The third kappa shape index (κ3) is 359. The van der Waals surface area contributed by atoms with E-state index < -0.39 is 7.82 Å². The first-order chi connectivity index (χ1) is 3.00. The molecule has 0 unspecified atom stereocenters. The molecular weight excluding hydrogens is 162 g/mol. The van der Waals surface area contributed by atoms with Crippen LogP contribution in [0.15, 0.2) is 0 Å². The van der Waals surface area contributed by atoms with Crippen LogP contribution in [0.3, 0.4) is 0 Å². The van der Waals surface area contributed by atoms with Crippen LogP contribution in [0.5, 0.6) is 0 Å². The molecule has 0 aromatic heterocycles. The van der Waals surface area contributed by atoms with Crippen molar-refractivity contribution in [1.29, 1.82) is 0 Å². The van der Waals surface area contributed by atoms with Crippen LogP contribution < -0.4 is 14.7 Å². The Morgan fingerprint density at radius 1 is 1.29 bits per heavy atom. The zero-order valence-corrected chi connectivity index (χ0v) is 5.53. The Morgan fingerprint density at radius 3 is 1.29 bits per heavy atom. The average Bonchev–Trinajstić information content (AvgIpc) is 1.36. The SMILES string of the molecule is O=P([O-])([O-])[O-].[CH3][Mn+3]. The molecule has 7 heavy (non-hydrogen) atoms. The van der Waals surface area contributed by atoms with Crippen molar-refractivity contribution in [3.8, 4) is 0 Å². The number of phosphoric acid groups is 1. The summed E-state index contributed by atoms with van der Waals surface area (Å²) in [6.45, 7) is 0. The van der Waals surface area contributed by atoms with E-state index in [0.29, 0.717) is 0 Å². The zero-order valence-electron chi connectivity index (χ0n) is 3.46. The fraction of sp³-hybridized carbons (Fsp3) is 1.00.